The first kappa shape index (κ1) is 17.7. The van der Waals surface area contributed by atoms with Crippen molar-refractivity contribution in [3.63, 3.8) is 0 Å². The summed E-state index contributed by atoms with van der Waals surface area (Å²) >= 11 is 0.927. The molecule has 0 aliphatic carbocycles. The van der Waals surface area contributed by atoms with Gasteiger partial charge in [0, 0.05) is 0 Å². The van der Waals surface area contributed by atoms with Gasteiger partial charge >= 0.3 is 76.3 Å². The van der Waals surface area contributed by atoms with Gasteiger partial charge in [-0.2, -0.15) is 0 Å². The Morgan fingerprint density at radius 3 is 2.00 bits per heavy atom. The van der Waals surface area contributed by atoms with E-state index >= 15 is 0 Å². The molecule has 0 spiro atoms. The summed E-state index contributed by atoms with van der Waals surface area (Å²) in [4.78, 5) is 0. The van der Waals surface area contributed by atoms with Crippen LogP contribution in [0.4, 0.5) is 0 Å². The Labute approximate surface area is 122 Å². The standard InChI is InChI=1S/C8H9O.C4H11NO3.Bi.2H/c1-7-4-3-5-8(6-7)9-2;5-4(1-6,2-7)3-8;;;/h3,5-6H,1-2H3;6-8H,1-3,5H2;;;. The van der Waals surface area contributed by atoms with Crippen molar-refractivity contribution < 1.29 is 20.1 Å². The minimum absolute atomic E-state index is 0.403. The number of rotatable bonds is 4. The van der Waals surface area contributed by atoms with Crippen LogP contribution in [0.3, 0.4) is 0 Å². The summed E-state index contributed by atoms with van der Waals surface area (Å²) in [5, 5.41) is 25.0. The third-order valence-corrected chi connectivity index (χ3v) is 4.94. The van der Waals surface area contributed by atoms with Crippen LogP contribution in [0.5, 0.6) is 5.75 Å². The molecular weight excluding hydrogens is 431 g/mol. The zero-order valence-electron chi connectivity index (χ0n) is 10.8. The predicted molar refractivity (Wildman–Crippen MR) is 74.1 cm³/mol. The van der Waals surface area contributed by atoms with Crippen LogP contribution in [0.15, 0.2) is 18.2 Å². The predicted octanol–water partition coefficient (Wildman–Crippen LogP) is -2.08. The van der Waals surface area contributed by atoms with Crippen molar-refractivity contribution in [3.05, 3.63) is 23.8 Å². The first-order valence-corrected chi connectivity index (χ1v) is 7.68. The molecule has 1 aromatic carbocycles. The van der Waals surface area contributed by atoms with Crippen LogP contribution in [0.1, 0.15) is 5.56 Å². The molecule has 1 rings (SSSR count). The molecule has 0 saturated heterocycles. The number of aliphatic hydroxyl groups excluding tert-OH is 3. The molecule has 0 radical (unpaired) electrons. The monoisotopic (exact) mass is 453 g/mol. The van der Waals surface area contributed by atoms with Gasteiger partial charge < -0.3 is 21.1 Å². The average Bonchev–Trinajstić information content (AvgIpc) is 2.41. The Morgan fingerprint density at radius 1 is 1.22 bits per heavy atom. The van der Waals surface area contributed by atoms with E-state index in [0.29, 0.717) is 0 Å². The summed E-state index contributed by atoms with van der Waals surface area (Å²) in [5.41, 5.74) is 5.29. The topological polar surface area (TPSA) is 95.9 Å². The van der Waals surface area contributed by atoms with Crippen LogP contribution < -0.4 is 13.7 Å². The van der Waals surface area contributed by atoms with Crippen LogP contribution in [0, 0.1) is 6.92 Å². The van der Waals surface area contributed by atoms with Gasteiger partial charge in [0.2, 0.25) is 0 Å². The number of methoxy groups -OCH3 is 1. The molecule has 104 valence electrons. The quantitative estimate of drug-likeness (QED) is 0.393. The number of hydrogen-bond donors (Lipinski definition) is 4. The van der Waals surface area contributed by atoms with E-state index in [1.807, 2.05) is 6.07 Å². The smallest absolute Gasteiger partial charge is 0.0856 e. The van der Waals surface area contributed by atoms with Gasteiger partial charge in [-0.15, -0.1) is 0 Å². The van der Waals surface area contributed by atoms with Crippen molar-refractivity contribution in [2.75, 3.05) is 26.9 Å². The molecule has 0 bridgehead atoms. The van der Waals surface area contributed by atoms with Gasteiger partial charge in [0.1, 0.15) is 0 Å². The molecule has 1 aromatic rings. The average molecular weight is 453 g/mol. The normalized spacial score (nSPS) is 10.6. The molecule has 0 fully saturated rings. The van der Waals surface area contributed by atoms with Crippen LogP contribution in [-0.4, -0.2) is 72.5 Å². The van der Waals surface area contributed by atoms with Crippen molar-refractivity contribution in [3.8, 4) is 5.75 Å². The summed E-state index contributed by atoms with van der Waals surface area (Å²) in [7, 11) is 1.70. The fraction of sp³-hybridized carbons (Fsp3) is 0.500. The molecule has 0 aliphatic heterocycles. The molecule has 5 N–H and O–H groups in total. The second-order valence-corrected chi connectivity index (χ2v) is 6.48. The summed E-state index contributed by atoms with van der Waals surface area (Å²) in [5.74, 6) is 0.960. The van der Waals surface area contributed by atoms with Gasteiger partial charge in [-0.1, -0.05) is 0 Å². The molecule has 0 atom stereocenters. The van der Waals surface area contributed by atoms with Gasteiger partial charge in [0.05, 0.1) is 25.4 Å². The molecular formula is C12H22BiNO4. The molecule has 0 saturated carbocycles. The van der Waals surface area contributed by atoms with E-state index < -0.39 is 25.4 Å². The maximum absolute atomic E-state index is 8.34. The van der Waals surface area contributed by atoms with Crippen LogP contribution >= 0.6 is 0 Å². The molecule has 5 nitrogen and oxygen atoms in total. The van der Waals surface area contributed by atoms with E-state index in [1.165, 1.54) is 8.83 Å². The summed E-state index contributed by atoms with van der Waals surface area (Å²) in [6, 6.07) is 6.23. The molecule has 0 heterocycles. The number of aryl methyl sites for hydroxylation is 1. The van der Waals surface area contributed by atoms with Gasteiger partial charge in [-0.05, 0) is 0 Å². The van der Waals surface area contributed by atoms with Gasteiger partial charge in [-0.25, -0.2) is 0 Å². The first-order chi connectivity index (χ1) is 8.42. The third kappa shape index (κ3) is 6.07. The SMILES string of the molecule is COc1cc[c]([BiH2])c(C)c1.NC(CO)(CO)CO. The fourth-order valence-corrected chi connectivity index (χ4v) is 1.62. The zero-order valence-corrected chi connectivity index (χ0v) is 15.2. The number of hydrogen-bond acceptors (Lipinski definition) is 5. The van der Waals surface area contributed by atoms with E-state index in [1.54, 1.807) is 7.11 Å². The number of ether oxygens (including phenoxy) is 1. The van der Waals surface area contributed by atoms with Crippen molar-refractivity contribution in [2.45, 2.75) is 12.5 Å². The Hall–Kier alpha value is -0.257. The Balaban J connectivity index is 0.000000331. The minimum Gasteiger partial charge on any atom is -0.394 e. The fourth-order valence-electron chi connectivity index (χ4n) is 0.925. The number of nitrogens with two attached hydrogens (primary N) is 1. The summed E-state index contributed by atoms with van der Waals surface area (Å²) in [6.45, 7) is 0.915. The van der Waals surface area contributed by atoms with Gasteiger partial charge in [-0.3, -0.25) is 0 Å². The summed E-state index contributed by atoms with van der Waals surface area (Å²) in [6.07, 6.45) is 0. The van der Waals surface area contributed by atoms with Crippen molar-refractivity contribution in [1.82, 2.24) is 0 Å². The van der Waals surface area contributed by atoms with E-state index in [0.717, 1.165) is 30.5 Å². The maximum atomic E-state index is 8.34. The molecule has 18 heavy (non-hydrogen) atoms. The molecule has 0 amide bonds. The number of benzene rings is 1. The molecule has 0 aromatic heterocycles. The van der Waals surface area contributed by atoms with E-state index in [4.69, 9.17) is 25.8 Å². The second kappa shape index (κ2) is 8.78. The first-order valence-electron chi connectivity index (χ1n) is 5.44. The largest absolute Gasteiger partial charge is 0.394 e. The molecule has 6 heteroatoms. The van der Waals surface area contributed by atoms with Crippen molar-refractivity contribution in [2.24, 2.45) is 5.73 Å². The third-order valence-electron chi connectivity index (χ3n) is 2.42. The number of aliphatic hydroxyl groups is 3. The van der Waals surface area contributed by atoms with E-state index in [9.17, 15) is 0 Å². The van der Waals surface area contributed by atoms with E-state index in [2.05, 4.69) is 19.1 Å². The van der Waals surface area contributed by atoms with Crippen molar-refractivity contribution >= 4 is 28.0 Å². The Kier molecular flexibility index (Phi) is 8.65. The summed E-state index contributed by atoms with van der Waals surface area (Å²) < 4.78 is 6.54. The zero-order chi connectivity index (χ0) is 14.2. The minimum atomic E-state index is -1.21. The van der Waals surface area contributed by atoms with Crippen LogP contribution in [0.25, 0.3) is 0 Å². The van der Waals surface area contributed by atoms with Gasteiger partial charge in [0.25, 0.3) is 0 Å². The second-order valence-electron chi connectivity index (χ2n) is 4.06. The van der Waals surface area contributed by atoms with E-state index in [-0.39, 0.29) is 0 Å². The molecule has 0 unspecified atom stereocenters. The Bertz CT molecular complexity index is 348. The van der Waals surface area contributed by atoms with Crippen LogP contribution in [0.2, 0.25) is 0 Å². The van der Waals surface area contributed by atoms with Crippen molar-refractivity contribution in [1.29, 1.82) is 0 Å². The van der Waals surface area contributed by atoms with Gasteiger partial charge in [0.15, 0.2) is 0 Å². The molecule has 0 aliphatic rings. The van der Waals surface area contributed by atoms with Crippen LogP contribution in [-0.2, 0) is 0 Å². The maximum Gasteiger partial charge on any atom is 0.0856 e. The Morgan fingerprint density at radius 2 is 1.72 bits per heavy atom.